The molecule has 0 rings (SSSR count). The van der Waals surface area contributed by atoms with Gasteiger partial charge < -0.3 is 18.1 Å². The van der Waals surface area contributed by atoms with Crippen LogP contribution in [0.2, 0.25) is 0 Å². The Morgan fingerprint density at radius 1 is 0.390 bits per heavy atom. The van der Waals surface area contributed by atoms with Crippen LogP contribution in [0.15, 0.2) is 0 Å². The minimum absolute atomic E-state index is 0. The molecule has 0 aromatic carbocycles. The van der Waals surface area contributed by atoms with Crippen LogP contribution in [0.4, 0.5) is 0 Å². The Morgan fingerprint density at radius 2 is 0.585 bits per heavy atom. The summed E-state index contributed by atoms with van der Waals surface area (Å²) in [7, 11) is -4.64. The number of rotatable bonds is 28. The van der Waals surface area contributed by atoms with E-state index in [0.29, 0.717) is 0 Å². The Kier molecular flexibility index (Phi) is 39.8. The molecule has 0 heterocycles. The summed E-state index contributed by atoms with van der Waals surface area (Å²) in [4.78, 5) is 0. The summed E-state index contributed by atoms with van der Waals surface area (Å²) in [5.41, 5.74) is 0. The molecular formula is C32H70CoO6P2. The maximum absolute atomic E-state index is 11.8. The van der Waals surface area contributed by atoms with Crippen LogP contribution in [0.1, 0.15) is 184 Å². The summed E-state index contributed by atoms with van der Waals surface area (Å²) >= 11 is 0. The van der Waals surface area contributed by atoms with E-state index >= 15 is 0 Å². The van der Waals surface area contributed by atoms with Gasteiger partial charge in [0.1, 0.15) is 0 Å². The monoisotopic (exact) mass is 671 g/mol. The summed E-state index contributed by atoms with van der Waals surface area (Å²) in [6.07, 6.45) is 23.7. The van der Waals surface area contributed by atoms with Crippen molar-refractivity contribution in [3.8, 4) is 0 Å². The fourth-order valence-electron chi connectivity index (χ4n) is 4.38. The van der Waals surface area contributed by atoms with Crippen LogP contribution in [0, 0.1) is 0 Å². The van der Waals surface area contributed by atoms with Gasteiger partial charge in [-0.1, -0.05) is 130 Å². The molecule has 41 heavy (non-hydrogen) atoms. The van der Waals surface area contributed by atoms with E-state index < -0.39 is 16.5 Å². The van der Waals surface area contributed by atoms with E-state index in [9.17, 15) is 9.13 Å². The molecule has 6 nitrogen and oxygen atoms in total. The van der Waals surface area contributed by atoms with Crippen molar-refractivity contribution in [2.45, 2.75) is 208 Å². The average molecular weight is 672 g/mol. The van der Waals surface area contributed by atoms with Crippen LogP contribution < -0.4 is 0 Å². The van der Waals surface area contributed by atoms with Crippen molar-refractivity contribution < 1.29 is 44.0 Å². The van der Waals surface area contributed by atoms with Crippen molar-refractivity contribution in [3.05, 3.63) is 0 Å². The van der Waals surface area contributed by atoms with Gasteiger partial charge >= 0.3 is 16.5 Å². The zero-order valence-electron chi connectivity index (χ0n) is 28.2. The van der Waals surface area contributed by atoms with Gasteiger partial charge in [-0.15, -0.1) is 0 Å². The van der Waals surface area contributed by atoms with Crippen molar-refractivity contribution in [2.75, 3.05) is 0 Å². The van der Waals surface area contributed by atoms with E-state index in [4.69, 9.17) is 18.1 Å². The van der Waals surface area contributed by atoms with Crippen LogP contribution in [0.25, 0.3) is 0 Å². The fraction of sp³-hybridized carbons (Fsp3) is 1.00. The van der Waals surface area contributed by atoms with Gasteiger partial charge in [-0.2, -0.15) is 0 Å². The predicted octanol–water partition coefficient (Wildman–Crippen LogP) is 12.3. The van der Waals surface area contributed by atoms with Crippen molar-refractivity contribution in [1.29, 1.82) is 0 Å². The molecule has 0 N–H and O–H groups in total. The summed E-state index contributed by atoms with van der Waals surface area (Å²) in [6.45, 7) is 16.8. The molecule has 0 aliphatic carbocycles. The van der Waals surface area contributed by atoms with Crippen LogP contribution in [0.5, 0.6) is 0 Å². The van der Waals surface area contributed by atoms with Gasteiger partial charge in [-0.25, -0.2) is 0 Å². The van der Waals surface area contributed by atoms with Gasteiger partial charge in [0.05, 0.1) is 24.4 Å². The second-order valence-corrected chi connectivity index (χ2v) is 13.6. The van der Waals surface area contributed by atoms with E-state index in [-0.39, 0.29) is 41.2 Å². The van der Waals surface area contributed by atoms with Crippen LogP contribution in [-0.4, -0.2) is 24.4 Å². The zero-order chi connectivity index (χ0) is 30.4. The molecule has 0 spiro atoms. The number of hydrogen-bond acceptors (Lipinski definition) is 6. The standard InChI is InChI=1S/2C16H35O3P.Co/c2*1-5-7-9-11-13-15(3)18-20(17)19-16(4)14-12-10-8-6-2;/h2*15-16,20H,5-14H2,1-4H3;. The number of hydrogen-bond donors (Lipinski definition) is 0. The molecule has 0 bridgehead atoms. The second-order valence-electron chi connectivity index (χ2n) is 11.6. The second kappa shape index (κ2) is 35.3. The molecule has 9 heteroatoms. The first-order valence-corrected chi connectivity index (χ1v) is 19.4. The largest absolute Gasteiger partial charge is 0.319 e. The van der Waals surface area contributed by atoms with Crippen molar-refractivity contribution >= 4 is 16.5 Å². The van der Waals surface area contributed by atoms with E-state index in [2.05, 4.69) is 27.7 Å². The Hall–Kier alpha value is 0.806. The van der Waals surface area contributed by atoms with Crippen LogP contribution in [-0.2, 0) is 44.0 Å². The summed E-state index contributed by atoms with van der Waals surface area (Å²) < 4.78 is 45.4. The average Bonchev–Trinajstić information content (AvgIpc) is 2.90. The summed E-state index contributed by atoms with van der Waals surface area (Å²) in [5, 5.41) is 0. The predicted molar refractivity (Wildman–Crippen MR) is 175 cm³/mol. The molecule has 0 saturated heterocycles. The normalized spacial score (nSPS) is 15.6. The molecule has 0 aromatic rings. The van der Waals surface area contributed by atoms with E-state index in [0.717, 1.165) is 51.4 Å². The molecule has 0 aromatic heterocycles. The summed E-state index contributed by atoms with van der Waals surface area (Å²) in [6, 6.07) is 0. The Labute approximate surface area is 268 Å². The minimum Gasteiger partial charge on any atom is -0.308 e. The van der Waals surface area contributed by atoms with E-state index in [1.165, 1.54) is 77.0 Å². The first kappa shape index (κ1) is 46.2. The van der Waals surface area contributed by atoms with E-state index in [1.54, 1.807) is 0 Å². The van der Waals surface area contributed by atoms with Gasteiger partial charge in [0.2, 0.25) is 0 Å². The zero-order valence-corrected chi connectivity index (χ0v) is 31.3. The van der Waals surface area contributed by atoms with Gasteiger partial charge in [0, 0.05) is 16.8 Å². The molecule has 0 aliphatic heterocycles. The quantitative estimate of drug-likeness (QED) is 0.0609. The molecule has 253 valence electrons. The van der Waals surface area contributed by atoms with Gasteiger partial charge in [-0.05, 0) is 53.4 Å². The maximum atomic E-state index is 11.8. The minimum atomic E-state index is -2.32. The molecule has 0 saturated carbocycles. The Balaban J connectivity index is -0.000000688. The maximum Gasteiger partial charge on any atom is 0.319 e. The van der Waals surface area contributed by atoms with Crippen molar-refractivity contribution in [1.82, 2.24) is 0 Å². The van der Waals surface area contributed by atoms with Gasteiger partial charge in [0.15, 0.2) is 0 Å². The first-order valence-electron chi connectivity index (χ1n) is 16.9. The smallest absolute Gasteiger partial charge is 0.308 e. The van der Waals surface area contributed by atoms with Gasteiger partial charge in [0.25, 0.3) is 0 Å². The van der Waals surface area contributed by atoms with Crippen molar-refractivity contribution in [3.63, 3.8) is 0 Å². The Bertz CT molecular complexity index is 478. The SMILES string of the molecule is CCCCCCC(C)O[PH](=O)OC(C)CCCCCC.CCCCCCC(C)O[PH](=O)OC(C)CCCCCC.[Co]. The fourth-order valence-corrected chi connectivity index (χ4v) is 6.28. The molecule has 0 fully saturated rings. The van der Waals surface area contributed by atoms with Crippen molar-refractivity contribution in [2.24, 2.45) is 0 Å². The number of unbranched alkanes of at least 4 members (excludes halogenated alkanes) is 12. The molecule has 0 amide bonds. The van der Waals surface area contributed by atoms with E-state index in [1.807, 2.05) is 27.7 Å². The van der Waals surface area contributed by atoms with Crippen LogP contribution in [0.3, 0.4) is 0 Å². The Morgan fingerprint density at radius 3 is 0.756 bits per heavy atom. The topological polar surface area (TPSA) is 71.1 Å². The first-order chi connectivity index (χ1) is 19.2. The molecule has 1 radical (unpaired) electrons. The summed E-state index contributed by atoms with van der Waals surface area (Å²) in [5.74, 6) is 0. The molecule has 4 atom stereocenters. The molecule has 4 unspecified atom stereocenters. The third-order valence-corrected chi connectivity index (χ3v) is 9.43. The van der Waals surface area contributed by atoms with Gasteiger partial charge in [-0.3, -0.25) is 9.13 Å². The van der Waals surface area contributed by atoms with Crippen LogP contribution >= 0.6 is 16.5 Å². The third-order valence-electron chi connectivity index (χ3n) is 7.05. The molecule has 0 aliphatic rings. The molecular weight excluding hydrogens is 601 g/mol. The third kappa shape index (κ3) is 36.9.